The second kappa shape index (κ2) is 9.29. The van der Waals surface area contributed by atoms with Crippen molar-refractivity contribution in [2.45, 2.75) is 24.6 Å². The molecular formula is C23H13Cl3F3N5O4. The van der Waals surface area contributed by atoms with Crippen molar-refractivity contribution in [3.8, 4) is 16.9 Å². The van der Waals surface area contributed by atoms with E-state index in [1.807, 2.05) is 0 Å². The van der Waals surface area contributed by atoms with E-state index in [4.69, 9.17) is 34.8 Å². The quantitative estimate of drug-likeness (QED) is 0.283. The number of hydrogen-bond acceptors (Lipinski definition) is 6. The average Bonchev–Trinajstić information content (AvgIpc) is 3.27. The number of amides is 1. The van der Waals surface area contributed by atoms with Crippen LogP contribution in [0.1, 0.15) is 45.4 Å². The van der Waals surface area contributed by atoms with Gasteiger partial charge in [-0.15, -0.1) is 0 Å². The molecule has 1 aliphatic carbocycles. The number of aromatic carboxylic acids is 1. The van der Waals surface area contributed by atoms with E-state index in [9.17, 15) is 27.9 Å². The molecule has 0 bridgehead atoms. The third-order valence-electron chi connectivity index (χ3n) is 5.77. The number of carboxylic acids is 1. The number of aromatic nitrogens is 4. The number of halogens is 6. The van der Waals surface area contributed by atoms with Gasteiger partial charge in [0.25, 0.3) is 5.91 Å². The molecule has 0 radical (unpaired) electrons. The monoisotopic (exact) mass is 585 g/mol. The molecule has 2 aromatic heterocycles. The first kappa shape index (κ1) is 26.0. The Kier molecular flexibility index (Phi) is 6.36. The summed E-state index contributed by atoms with van der Waals surface area (Å²) < 4.78 is 44.3. The molecule has 0 saturated heterocycles. The number of carbonyl (C=O) groups is 2. The van der Waals surface area contributed by atoms with E-state index in [0.717, 1.165) is 0 Å². The molecule has 1 aliphatic rings. The lowest BCUT2D eigenvalue weighted by molar-refractivity contribution is -0.159. The van der Waals surface area contributed by atoms with Crippen molar-refractivity contribution in [3.63, 3.8) is 0 Å². The third-order valence-corrected chi connectivity index (χ3v) is 6.56. The van der Waals surface area contributed by atoms with Gasteiger partial charge in [-0.05, 0) is 43.2 Å². The Morgan fingerprint density at radius 1 is 1.05 bits per heavy atom. The number of rotatable bonds is 6. The fraction of sp³-hybridized carbons (Fsp3) is 0.174. The van der Waals surface area contributed by atoms with Crippen LogP contribution in [-0.4, -0.2) is 36.9 Å². The predicted molar refractivity (Wildman–Crippen MR) is 129 cm³/mol. The highest BCUT2D eigenvalue weighted by atomic mass is 35.5. The summed E-state index contributed by atoms with van der Waals surface area (Å²) in [7, 11) is 0. The van der Waals surface area contributed by atoms with Gasteiger partial charge in [-0.1, -0.05) is 52.1 Å². The smallest absolute Gasteiger partial charge is 0.471 e. The standard InChI is InChI=1S/C23H13Cl3F3N5O4/c24-11-3-1-10(2-4-11)17-15(19(36)37)16(32-34(17)14-6-5-12(25)9-13(14)26)18(35)31-22(7-8-22)20-30-21(38-33-20)23(27,28)29/h1-6,9H,7-8H2,(H,31,35)(H,36,37). The van der Waals surface area contributed by atoms with Crippen molar-refractivity contribution < 1.29 is 32.4 Å². The molecular weight excluding hydrogens is 574 g/mol. The maximum Gasteiger partial charge on any atom is 0.471 e. The number of alkyl halides is 3. The van der Waals surface area contributed by atoms with E-state index in [-0.39, 0.29) is 35.1 Å². The van der Waals surface area contributed by atoms with Crippen molar-refractivity contribution in [3.05, 3.63) is 80.5 Å². The van der Waals surface area contributed by atoms with E-state index in [0.29, 0.717) is 15.6 Å². The van der Waals surface area contributed by atoms with Crippen LogP contribution < -0.4 is 5.32 Å². The van der Waals surface area contributed by atoms with Gasteiger partial charge in [-0.25, -0.2) is 9.48 Å². The molecule has 1 fully saturated rings. The van der Waals surface area contributed by atoms with Gasteiger partial charge in [0.1, 0.15) is 11.1 Å². The summed E-state index contributed by atoms with van der Waals surface area (Å²) in [6.07, 6.45) is -4.47. The Labute approximate surface area is 226 Å². The lowest BCUT2D eigenvalue weighted by Gasteiger charge is -2.12. The highest BCUT2D eigenvalue weighted by molar-refractivity contribution is 6.35. The van der Waals surface area contributed by atoms with Gasteiger partial charge in [-0.3, -0.25) is 4.79 Å². The number of nitrogens with zero attached hydrogens (tertiary/aromatic N) is 4. The summed E-state index contributed by atoms with van der Waals surface area (Å²) in [5.74, 6) is -4.41. The van der Waals surface area contributed by atoms with Crippen molar-refractivity contribution in [2.24, 2.45) is 0 Å². The molecule has 2 heterocycles. The first-order chi connectivity index (χ1) is 17.9. The van der Waals surface area contributed by atoms with E-state index in [1.54, 1.807) is 0 Å². The first-order valence-electron chi connectivity index (χ1n) is 10.7. The molecule has 2 N–H and O–H groups in total. The second-order valence-corrected chi connectivity index (χ2v) is 9.63. The minimum Gasteiger partial charge on any atom is -0.478 e. The number of carbonyl (C=O) groups excluding carboxylic acids is 1. The maximum atomic E-state index is 13.4. The van der Waals surface area contributed by atoms with Crippen molar-refractivity contribution in [2.75, 3.05) is 0 Å². The SMILES string of the molecule is O=C(NC1(c2noc(C(F)(F)F)n2)CC1)c1nn(-c2ccc(Cl)cc2Cl)c(-c2ccc(Cl)cc2)c1C(=O)O. The van der Waals surface area contributed by atoms with Gasteiger partial charge in [0.2, 0.25) is 0 Å². The molecule has 0 unspecified atom stereocenters. The van der Waals surface area contributed by atoms with Crippen LogP contribution in [0.2, 0.25) is 15.1 Å². The average molecular weight is 587 g/mol. The fourth-order valence-electron chi connectivity index (χ4n) is 3.82. The van der Waals surface area contributed by atoms with Gasteiger partial charge in [0.05, 0.1) is 16.4 Å². The van der Waals surface area contributed by atoms with Gasteiger partial charge in [0.15, 0.2) is 11.5 Å². The molecule has 9 nitrogen and oxygen atoms in total. The van der Waals surface area contributed by atoms with Crippen LogP contribution in [0.15, 0.2) is 47.0 Å². The number of nitrogens with one attached hydrogen (secondary N) is 1. The molecule has 4 aromatic rings. The molecule has 196 valence electrons. The Hall–Kier alpha value is -3.61. The summed E-state index contributed by atoms with van der Waals surface area (Å²) in [5.41, 5.74) is -1.79. The second-order valence-electron chi connectivity index (χ2n) is 8.35. The Balaban J connectivity index is 1.62. The molecule has 2 aromatic carbocycles. The van der Waals surface area contributed by atoms with Crippen LogP contribution in [0.3, 0.4) is 0 Å². The Bertz CT molecular complexity index is 1580. The van der Waals surface area contributed by atoms with Crippen LogP contribution in [0.5, 0.6) is 0 Å². The number of carboxylic acid groups (broad SMARTS) is 1. The molecule has 1 saturated carbocycles. The van der Waals surface area contributed by atoms with Gasteiger partial charge >= 0.3 is 18.0 Å². The van der Waals surface area contributed by atoms with E-state index >= 15 is 0 Å². The lowest BCUT2D eigenvalue weighted by Crippen LogP contribution is -2.36. The minimum atomic E-state index is -4.87. The Morgan fingerprint density at radius 2 is 1.71 bits per heavy atom. The van der Waals surface area contributed by atoms with Crippen LogP contribution in [0.25, 0.3) is 16.9 Å². The van der Waals surface area contributed by atoms with E-state index in [1.165, 1.54) is 47.1 Å². The summed E-state index contributed by atoms with van der Waals surface area (Å²) in [6, 6.07) is 10.5. The summed E-state index contributed by atoms with van der Waals surface area (Å²) >= 11 is 18.4. The fourth-order valence-corrected chi connectivity index (χ4v) is 4.43. The zero-order valence-corrected chi connectivity index (χ0v) is 21.0. The molecule has 1 amide bonds. The number of benzene rings is 2. The lowest BCUT2D eigenvalue weighted by atomic mass is 10.0. The van der Waals surface area contributed by atoms with Crippen LogP contribution in [0, 0.1) is 0 Å². The molecule has 0 spiro atoms. The predicted octanol–water partition coefficient (Wildman–Crippen LogP) is 6.02. The largest absolute Gasteiger partial charge is 0.478 e. The van der Waals surface area contributed by atoms with Crippen molar-refractivity contribution in [1.82, 2.24) is 25.2 Å². The highest BCUT2D eigenvalue weighted by Gasteiger charge is 2.52. The van der Waals surface area contributed by atoms with E-state index < -0.39 is 40.7 Å². The minimum absolute atomic E-state index is 0.00676. The highest BCUT2D eigenvalue weighted by Crippen LogP contribution is 2.45. The van der Waals surface area contributed by atoms with Crippen LogP contribution in [-0.2, 0) is 11.7 Å². The maximum absolute atomic E-state index is 13.4. The number of hydrogen-bond donors (Lipinski definition) is 2. The zero-order chi connectivity index (χ0) is 27.4. The summed E-state index contributed by atoms with van der Waals surface area (Å²) in [4.78, 5) is 29.2. The Morgan fingerprint density at radius 3 is 2.26 bits per heavy atom. The molecule has 15 heteroatoms. The topological polar surface area (TPSA) is 123 Å². The summed E-state index contributed by atoms with van der Waals surface area (Å²) in [6.45, 7) is 0. The molecule has 0 aliphatic heterocycles. The normalized spacial score (nSPS) is 14.4. The summed E-state index contributed by atoms with van der Waals surface area (Å²) in [5, 5.41) is 21.1. The zero-order valence-electron chi connectivity index (χ0n) is 18.7. The van der Waals surface area contributed by atoms with Crippen molar-refractivity contribution >= 4 is 46.7 Å². The van der Waals surface area contributed by atoms with E-state index in [2.05, 4.69) is 25.1 Å². The van der Waals surface area contributed by atoms with Crippen LogP contribution >= 0.6 is 34.8 Å². The molecule has 0 atom stereocenters. The first-order valence-corrected chi connectivity index (χ1v) is 11.8. The molecule has 38 heavy (non-hydrogen) atoms. The van der Waals surface area contributed by atoms with Gasteiger partial charge < -0.3 is 14.9 Å². The van der Waals surface area contributed by atoms with Gasteiger partial charge in [0, 0.05) is 15.6 Å². The van der Waals surface area contributed by atoms with Crippen LogP contribution in [0.4, 0.5) is 13.2 Å². The van der Waals surface area contributed by atoms with Crippen molar-refractivity contribution in [1.29, 1.82) is 0 Å². The molecule has 5 rings (SSSR count). The van der Waals surface area contributed by atoms with Gasteiger partial charge in [-0.2, -0.15) is 23.3 Å². The third kappa shape index (κ3) is 4.70.